The van der Waals surface area contributed by atoms with Gasteiger partial charge in [-0.1, -0.05) is 18.2 Å². The Morgan fingerprint density at radius 2 is 2.06 bits per heavy atom. The summed E-state index contributed by atoms with van der Waals surface area (Å²) in [6.07, 6.45) is 0.729. The van der Waals surface area contributed by atoms with E-state index in [1.807, 2.05) is 0 Å². The lowest BCUT2D eigenvalue weighted by Gasteiger charge is -2.21. The molecule has 1 unspecified atom stereocenters. The Labute approximate surface area is 103 Å². The fourth-order valence-electron chi connectivity index (χ4n) is 2.28. The van der Waals surface area contributed by atoms with Gasteiger partial charge in [-0.05, 0) is 30.5 Å². The Balaban J connectivity index is 1.90. The molecule has 0 aliphatic carbocycles. The van der Waals surface area contributed by atoms with Crippen molar-refractivity contribution in [2.75, 3.05) is 19.8 Å². The molecule has 1 fully saturated rings. The van der Waals surface area contributed by atoms with Gasteiger partial charge >= 0.3 is 0 Å². The third-order valence-electron chi connectivity index (χ3n) is 3.48. The van der Waals surface area contributed by atoms with Gasteiger partial charge in [-0.3, -0.25) is 0 Å². The Morgan fingerprint density at radius 3 is 2.65 bits per heavy atom. The van der Waals surface area contributed by atoms with E-state index in [0.717, 1.165) is 13.0 Å². The quantitative estimate of drug-likeness (QED) is 0.832. The van der Waals surface area contributed by atoms with E-state index in [1.165, 1.54) is 16.7 Å². The predicted octanol–water partition coefficient (Wildman–Crippen LogP) is 1.54. The summed E-state index contributed by atoms with van der Waals surface area (Å²) in [5.74, 6) is 0. The molecule has 0 amide bonds. The average molecular weight is 235 g/mol. The minimum absolute atomic E-state index is 0.451. The molecule has 3 heteroatoms. The first-order valence-corrected chi connectivity index (χ1v) is 6.17. The van der Waals surface area contributed by atoms with E-state index in [4.69, 9.17) is 4.74 Å². The molecule has 17 heavy (non-hydrogen) atoms. The van der Waals surface area contributed by atoms with Crippen molar-refractivity contribution in [3.05, 3.63) is 34.9 Å². The molecular weight excluding hydrogens is 214 g/mol. The number of aliphatic hydroxyl groups is 1. The van der Waals surface area contributed by atoms with Crippen molar-refractivity contribution in [1.29, 1.82) is 0 Å². The van der Waals surface area contributed by atoms with Gasteiger partial charge in [0.2, 0.25) is 0 Å². The van der Waals surface area contributed by atoms with Gasteiger partial charge < -0.3 is 15.2 Å². The van der Waals surface area contributed by atoms with Crippen LogP contribution in [0.15, 0.2) is 18.2 Å². The number of rotatable bonds is 4. The first-order valence-electron chi connectivity index (χ1n) is 6.17. The molecule has 94 valence electrons. The Morgan fingerprint density at radius 1 is 1.35 bits per heavy atom. The molecule has 2 N–H and O–H groups in total. The average Bonchev–Trinajstić information content (AvgIpc) is 2.70. The van der Waals surface area contributed by atoms with Gasteiger partial charge in [0, 0.05) is 26.1 Å². The topological polar surface area (TPSA) is 41.5 Å². The van der Waals surface area contributed by atoms with Crippen LogP contribution in [-0.2, 0) is 11.3 Å². The van der Waals surface area contributed by atoms with E-state index < -0.39 is 5.60 Å². The molecule has 1 aliphatic heterocycles. The molecule has 0 saturated carbocycles. The standard InChI is InChI=1S/C14H21NO2/c1-11-4-3-5-12(2)13(11)8-15-9-14(16)6-7-17-10-14/h3-5,15-16H,6-10H2,1-2H3. The van der Waals surface area contributed by atoms with Gasteiger partial charge in [0.05, 0.1) is 6.61 Å². The van der Waals surface area contributed by atoms with Gasteiger partial charge in [-0.25, -0.2) is 0 Å². The van der Waals surface area contributed by atoms with Crippen LogP contribution in [0, 0.1) is 13.8 Å². The van der Waals surface area contributed by atoms with Crippen LogP contribution in [0.2, 0.25) is 0 Å². The molecule has 0 aromatic heterocycles. The largest absolute Gasteiger partial charge is 0.386 e. The van der Waals surface area contributed by atoms with Crippen LogP contribution < -0.4 is 5.32 Å². The van der Waals surface area contributed by atoms with Crippen molar-refractivity contribution in [2.24, 2.45) is 0 Å². The molecule has 1 aliphatic rings. The second-order valence-corrected chi connectivity index (χ2v) is 5.00. The van der Waals surface area contributed by atoms with Gasteiger partial charge in [0.15, 0.2) is 0 Å². The second kappa shape index (κ2) is 5.17. The smallest absolute Gasteiger partial charge is 0.102 e. The van der Waals surface area contributed by atoms with Crippen LogP contribution in [0.1, 0.15) is 23.1 Å². The fraction of sp³-hybridized carbons (Fsp3) is 0.571. The van der Waals surface area contributed by atoms with Crippen molar-refractivity contribution in [2.45, 2.75) is 32.4 Å². The lowest BCUT2D eigenvalue weighted by atomic mass is 10.0. The van der Waals surface area contributed by atoms with Crippen LogP contribution in [0.4, 0.5) is 0 Å². The third kappa shape index (κ3) is 3.06. The number of nitrogens with one attached hydrogen (secondary N) is 1. The second-order valence-electron chi connectivity index (χ2n) is 5.00. The molecule has 1 aromatic carbocycles. The highest BCUT2D eigenvalue weighted by Gasteiger charge is 2.31. The molecule has 0 radical (unpaired) electrons. The van der Waals surface area contributed by atoms with E-state index in [1.54, 1.807) is 0 Å². The molecule has 1 heterocycles. The monoisotopic (exact) mass is 235 g/mol. The number of hydrogen-bond donors (Lipinski definition) is 2. The van der Waals surface area contributed by atoms with Crippen molar-refractivity contribution < 1.29 is 9.84 Å². The predicted molar refractivity (Wildman–Crippen MR) is 68.0 cm³/mol. The summed E-state index contributed by atoms with van der Waals surface area (Å²) < 4.78 is 5.22. The molecule has 1 saturated heterocycles. The molecule has 0 bridgehead atoms. The van der Waals surface area contributed by atoms with E-state index in [9.17, 15) is 5.11 Å². The summed E-state index contributed by atoms with van der Waals surface area (Å²) in [6, 6.07) is 6.32. The van der Waals surface area contributed by atoms with E-state index in [0.29, 0.717) is 19.8 Å². The zero-order valence-corrected chi connectivity index (χ0v) is 10.6. The lowest BCUT2D eigenvalue weighted by molar-refractivity contribution is 0.0268. The van der Waals surface area contributed by atoms with Crippen molar-refractivity contribution >= 4 is 0 Å². The Bertz CT molecular complexity index is 364. The summed E-state index contributed by atoms with van der Waals surface area (Å²) in [6.45, 7) is 6.77. The molecule has 2 rings (SSSR count). The SMILES string of the molecule is Cc1cccc(C)c1CNCC1(O)CCOC1. The maximum Gasteiger partial charge on any atom is 0.102 e. The normalized spacial score (nSPS) is 24.2. The zero-order chi connectivity index (χ0) is 12.3. The van der Waals surface area contributed by atoms with E-state index in [-0.39, 0.29) is 0 Å². The summed E-state index contributed by atoms with van der Waals surface area (Å²) in [5, 5.41) is 13.5. The van der Waals surface area contributed by atoms with Crippen molar-refractivity contribution in [3.63, 3.8) is 0 Å². The van der Waals surface area contributed by atoms with Gasteiger partial charge in [-0.2, -0.15) is 0 Å². The number of aryl methyl sites for hydroxylation is 2. The fourth-order valence-corrected chi connectivity index (χ4v) is 2.28. The summed E-state index contributed by atoms with van der Waals surface area (Å²) in [7, 11) is 0. The first-order chi connectivity index (χ1) is 8.11. The summed E-state index contributed by atoms with van der Waals surface area (Å²) in [5.41, 5.74) is 3.26. The maximum atomic E-state index is 10.1. The first kappa shape index (κ1) is 12.6. The highest BCUT2D eigenvalue weighted by atomic mass is 16.5. The minimum Gasteiger partial charge on any atom is -0.386 e. The zero-order valence-electron chi connectivity index (χ0n) is 10.6. The molecular formula is C14H21NO2. The highest BCUT2D eigenvalue weighted by Crippen LogP contribution is 2.18. The maximum absolute atomic E-state index is 10.1. The molecule has 1 atom stereocenters. The van der Waals surface area contributed by atoms with Crippen LogP contribution >= 0.6 is 0 Å². The van der Waals surface area contributed by atoms with Crippen LogP contribution in [0.3, 0.4) is 0 Å². The number of benzene rings is 1. The third-order valence-corrected chi connectivity index (χ3v) is 3.48. The minimum atomic E-state index is -0.670. The van der Waals surface area contributed by atoms with Crippen molar-refractivity contribution in [1.82, 2.24) is 5.32 Å². The highest BCUT2D eigenvalue weighted by molar-refractivity contribution is 5.33. The van der Waals surface area contributed by atoms with Crippen LogP contribution in [-0.4, -0.2) is 30.5 Å². The Kier molecular flexibility index (Phi) is 3.82. The molecule has 3 nitrogen and oxygen atoms in total. The van der Waals surface area contributed by atoms with E-state index >= 15 is 0 Å². The molecule has 0 spiro atoms. The van der Waals surface area contributed by atoms with Crippen LogP contribution in [0.5, 0.6) is 0 Å². The molecule has 1 aromatic rings. The van der Waals surface area contributed by atoms with E-state index in [2.05, 4.69) is 37.4 Å². The number of hydrogen-bond acceptors (Lipinski definition) is 3. The summed E-state index contributed by atoms with van der Waals surface area (Å²) >= 11 is 0. The van der Waals surface area contributed by atoms with Gasteiger partial charge in [0.1, 0.15) is 5.60 Å². The Hall–Kier alpha value is -0.900. The number of ether oxygens (including phenoxy) is 1. The van der Waals surface area contributed by atoms with Gasteiger partial charge in [-0.15, -0.1) is 0 Å². The summed E-state index contributed by atoms with van der Waals surface area (Å²) in [4.78, 5) is 0. The van der Waals surface area contributed by atoms with Crippen molar-refractivity contribution in [3.8, 4) is 0 Å². The van der Waals surface area contributed by atoms with Crippen LogP contribution in [0.25, 0.3) is 0 Å². The lowest BCUT2D eigenvalue weighted by Crippen LogP contribution is -2.40. The van der Waals surface area contributed by atoms with Gasteiger partial charge in [0.25, 0.3) is 0 Å².